The number of thioether (sulfide) groups is 1. The summed E-state index contributed by atoms with van der Waals surface area (Å²) in [6, 6.07) is 12.0. The maximum Gasteiger partial charge on any atom is 0.292 e. The summed E-state index contributed by atoms with van der Waals surface area (Å²) in [5.74, 6) is -0.323. The van der Waals surface area contributed by atoms with Crippen molar-refractivity contribution in [1.82, 2.24) is 9.97 Å². The number of aromatic amines is 1. The Hall–Kier alpha value is -2.87. The van der Waals surface area contributed by atoms with E-state index in [0.717, 1.165) is 16.6 Å². The molecule has 1 unspecified atom stereocenters. The number of carbonyl (C=O) groups is 1. The highest BCUT2D eigenvalue weighted by atomic mass is 32.2. The molecule has 0 aliphatic carbocycles. The Morgan fingerprint density at radius 3 is 2.84 bits per heavy atom. The van der Waals surface area contributed by atoms with Crippen LogP contribution in [0.2, 0.25) is 0 Å². The van der Waals surface area contributed by atoms with Crippen LogP contribution in [0.4, 0.5) is 11.4 Å². The Morgan fingerprint density at radius 2 is 2.08 bits per heavy atom. The number of H-pyrrole nitrogens is 1. The van der Waals surface area contributed by atoms with Crippen molar-refractivity contribution in [3.63, 3.8) is 0 Å². The number of imidazole rings is 1. The van der Waals surface area contributed by atoms with E-state index in [4.69, 9.17) is 0 Å². The van der Waals surface area contributed by atoms with Gasteiger partial charge in [0.2, 0.25) is 5.91 Å². The fraction of sp³-hybridized carbons (Fsp3) is 0.176. The second-order valence-electron chi connectivity index (χ2n) is 5.59. The lowest BCUT2D eigenvalue weighted by atomic mass is 10.2. The Labute approximate surface area is 148 Å². The number of para-hydroxylation sites is 2. The maximum absolute atomic E-state index is 12.4. The van der Waals surface area contributed by atoms with Crippen LogP contribution in [0.1, 0.15) is 12.5 Å². The van der Waals surface area contributed by atoms with Crippen LogP contribution < -0.4 is 5.32 Å². The fourth-order valence-electron chi connectivity index (χ4n) is 2.35. The molecule has 0 aliphatic heterocycles. The van der Waals surface area contributed by atoms with Crippen molar-refractivity contribution in [2.24, 2.45) is 0 Å². The van der Waals surface area contributed by atoms with Gasteiger partial charge in [-0.3, -0.25) is 14.9 Å². The van der Waals surface area contributed by atoms with Crippen molar-refractivity contribution < 1.29 is 9.72 Å². The lowest BCUT2D eigenvalue weighted by Gasteiger charge is -2.10. The lowest BCUT2D eigenvalue weighted by Crippen LogP contribution is -2.23. The number of nitro benzene ring substituents is 1. The second-order valence-corrected chi connectivity index (χ2v) is 6.92. The van der Waals surface area contributed by atoms with Gasteiger partial charge < -0.3 is 10.3 Å². The molecule has 128 valence electrons. The van der Waals surface area contributed by atoms with E-state index < -0.39 is 10.2 Å². The van der Waals surface area contributed by atoms with E-state index in [1.807, 2.05) is 25.1 Å². The van der Waals surface area contributed by atoms with Crippen LogP contribution in [0, 0.1) is 17.0 Å². The van der Waals surface area contributed by atoms with E-state index in [2.05, 4.69) is 15.3 Å². The molecule has 2 N–H and O–H groups in total. The molecule has 0 fully saturated rings. The molecule has 1 heterocycles. The molecule has 3 rings (SSSR count). The number of hydrogen-bond acceptors (Lipinski definition) is 5. The first-order valence-corrected chi connectivity index (χ1v) is 8.49. The summed E-state index contributed by atoms with van der Waals surface area (Å²) >= 11 is 1.27. The Balaban J connectivity index is 1.73. The number of anilines is 1. The van der Waals surface area contributed by atoms with Gasteiger partial charge >= 0.3 is 0 Å². The first-order chi connectivity index (χ1) is 11.9. The SMILES string of the molecule is Cc1ccc2nc(SC(C)C(=O)Nc3ccccc3[N+](=O)[O-])[nH]c2c1. The minimum Gasteiger partial charge on any atom is -0.333 e. The molecule has 0 spiro atoms. The lowest BCUT2D eigenvalue weighted by molar-refractivity contribution is -0.383. The maximum atomic E-state index is 12.4. The minimum absolute atomic E-state index is 0.132. The molecule has 0 radical (unpaired) electrons. The molecule has 0 saturated heterocycles. The van der Waals surface area contributed by atoms with E-state index in [9.17, 15) is 14.9 Å². The number of benzene rings is 2. The topological polar surface area (TPSA) is 101 Å². The van der Waals surface area contributed by atoms with Gasteiger partial charge in [-0.15, -0.1) is 0 Å². The van der Waals surface area contributed by atoms with Crippen LogP contribution in [0.5, 0.6) is 0 Å². The van der Waals surface area contributed by atoms with Crippen LogP contribution in [0.3, 0.4) is 0 Å². The smallest absolute Gasteiger partial charge is 0.292 e. The number of rotatable bonds is 5. The van der Waals surface area contributed by atoms with Crippen molar-refractivity contribution in [2.75, 3.05) is 5.32 Å². The summed E-state index contributed by atoms with van der Waals surface area (Å²) in [6.45, 7) is 3.73. The Bertz CT molecular complexity index is 954. The standard InChI is InChI=1S/C17H16N4O3S/c1-10-7-8-12-14(9-10)20-17(19-12)25-11(2)16(22)18-13-5-3-4-6-15(13)21(23)24/h3-9,11H,1-2H3,(H,18,22)(H,19,20). The second kappa shape index (κ2) is 6.94. The third kappa shape index (κ3) is 3.80. The summed E-state index contributed by atoms with van der Waals surface area (Å²) in [5.41, 5.74) is 2.92. The molecule has 0 aliphatic rings. The number of carbonyl (C=O) groups excluding carboxylic acids is 1. The average molecular weight is 356 g/mol. The summed E-state index contributed by atoms with van der Waals surface area (Å²) in [5, 5.41) is 13.8. The van der Waals surface area contributed by atoms with Crippen molar-refractivity contribution in [2.45, 2.75) is 24.3 Å². The van der Waals surface area contributed by atoms with E-state index in [-0.39, 0.29) is 17.3 Å². The average Bonchev–Trinajstić information content (AvgIpc) is 2.96. The summed E-state index contributed by atoms with van der Waals surface area (Å²) < 4.78 is 0. The number of nitro groups is 1. The van der Waals surface area contributed by atoms with Gasteiger partial charge in [0.1, 0.15) is 5.69 Å². The molecule has 1 aromatic heterocycles. The summed E-state index contributed by atoms with van der Waals surface area (Å²) in [7, 11) is 0. The van der Waals surface area contributed by atoms with Crippen molar-refractivity contribution >= 4 is 40.1 Å². The zero-order valence-corrected chi connectivity index (χ0v) is 14.5. The first kappa shape index (κ1) is 17.0. The largest absolute Gasteiger partial charge is 0.333 e. The minimum atomic E-state index is -0.519. The number of nitrogens with one attached hydrogen (secondary N) is 2. The van der Waals surface area contributed by atoms with Gasteiger partial charge in [0, 0.05) is 6.07 Å². The molecule has 2 aromatic carbocycles. The number of aryl methyl sites for hydroxylation is 1. The zero-order chi connectivity index (χ0) is 18.0. The molecule has 3 aromatic rings. The Kier molecular flexibility index (Phi) is 4.71. The molecule has 25 heavy (non-hydrogen) atoms. The molecular formula is C17H16N4O3S. The van der Waals surface area contributed by atoms with Crippen molar-refractivity contribution in [3.8, 4) is 0 Å². The molecule has 0 saturated carbocycles. The highest BCUT2D eigenvalue weighted by Gasteiger charge is 2.20. The van der Waals surface area contributed by atoms with Gasteiger partial charge in [0.15, 0.2) is 5.16 Å². The number of amides is 1. The number of nitrogens with zero attached hydrogens (tertiary/aromatic N) is 2. The van der Waals surface area contributed by atoms with Gasteiger partial charge in [-0.1, -0.05) is 30.0 Å². The van der Waals surface area contributed by atoms with E-state index in [0.29, 0.717) is 5.16 Å². The Morgan fingerprint density at radius 1 is 1.32 bits per heavy atom. The molecule has 1 amide bonds. The monoisotopic (exact) mass is 356 g/mol. The number of hydrogen-bond donors (Lipinski definition) is 2. The normalized spacial score (nSPS) is 12.1. The molecular weight excluding hydrogens is 340 g/mol. The van der Waals surface area contributed by atoms with E-state index >= 15 is 0 Å². The van der Waals surface area contributed by atoms with Gasteiger partial charge in [0.25, 0.3) is 5.69 Å². The van der Waals surface area contributed by atoms with Crippen molar-refractivity contribution in [3.05, 3.63) is 58.1 Å². The fourth-order valence-corrected chi connectivity index (χ4v) is 3.17. The third-order valence-electron chi connectivity index (χ3n) is 3.63. The van der Waals surface area contributed by atoms with Gasteiger partial charge in [0.05, 0.1) is 21.2 Å². The quantitative estimate of drug-likeness (QED) is 0.410. The molecule has 8 heteroatoms. The highest BCUT2D eigenvalue weighted by molar-refractivity contribution is 8.00. The third-order valence-corrected chi connectivity index (χ3v) is 4.62. The van der Waals surface area contributed by atoms with Crippen LogP contribution in [-0.4, -0.2) is 26.0 Å². The number of aromatic nitrogens is 2. The van der Waals surface area contributed by atoms with Gasteiger partial charge in [-0.25, -0.2) is 4.98 Å². The van der Waals surface area contributed by atoms with Crippen LogP contribution in [0.25, 0.3) is 11.0 Å². The predicted molar refractivity (Wildman–Crippen MR) is 97.9 cm³/mol. The van der Waals surface area contributed by atoms with E-state index in [1.165, 1.54) is 23.9 Å². The summed E-state index contributed by atoms with van der Waals surface area (Å²) in [4.78, 5) is 30.5. The van der Waals surface area contributed by atoms with Gasteiger partial charge in [-0.2, -0.15) is 0 Å². The van der Waals surface area contributed by atoms with Gasteiger partial charge in [-0.05, 0) is 37.6 Å². The predicted octanol–water partition coefficient (Wildman–Crippen LogP) is 3.90. The molecule has 7 nitrogen and oxygen atoms in total. The van der Waals surface area contributed by atoms with Crippen LogP contribution in [0.15, 0.2) is 47.6 Å². The van der Waals surface area contributed by atoms with Crippen molar-refractivity contribution in [1.29, 1.82) is 0 Å². The zero-order valence-electron chi connectivity index (χ0n) is 13.6. The van der Waals surface area contributed by atoms with Crippen LogP contribution >= 0.6 is 11.8 Å². The first-order valence-electron chi connectivity index (χ1n) is 7.61. The van der Waals surface area contributed by atoms with Crippen LogP contribution in [-0.2, 0) is 4.79 Å². The molecule has 0 bridgehead atoms. The number of fused-ring (bicyclic) bond motifs is 1. The highest BCUT2D eigenvalue weighted by Crippen LogP contribution is 2.27. The van der Waals surface area contributed by atoms with E-state index in [1.54, 1.807) is 19.1 Å². The summed E-state index contributed by atoms with van der Waals surface area (Å²) in [6.07, 6.45) is 0. The molecule has 1 atom stereocenters.